The summed E-state index contributed by atoms with van der Waals surface area (Å²) in [6, 6.07) is 12.6. The molecule has 12 N–H and O–H groups in total. The predicted molar refractivity (Wildman–Crippen MR) is 206 cm³/mol. The maximum atomic E-state index is 10.4. The number of pyridine rings is 4. The number of hydrogen-bond donors (Lipinski definition) is 8. The monoisotopic (exact) mass is 978 g/mol. The molecule has 0 saturated carbocycles. The van der Waals surface area contributed by atoms with E-state index in [1.54, 1.807) is 48.5 Å². The number of aliphatic carboxylic acids is 4. The van der Waals surface area contributed by atoms with E-state index < -0.39 is 47.5 Å². The molecule has 4 rings (SSSR count). The van der Waals surface area contributed by atoms with Crippen molar-refractivity contribution >= 4 is 47.5 Å². The number of nitrogens with two attached hydrogens (primary N) is 4. The minimum Gasteiger partial charge on any atom is -0.550 e. The molecule has 354 valence electrons. The van der Waals surface area contributed by atoms with E-state index in [0.717, 1.165) is 56.1 Å². The fraction of sp³-hybridized carbons (Fsp3) is 0.222. The van der Waals surface area contributed by atoms with E-state index in [1.807, 2.05) is 0 Å². The number of carbonyl (C=O) groups is 8. The van der Waals surface area contributed by atoms with Crippen LogP contribution in [0.25, 0.3) is 0 Å². The normalized spacial score (nSPS) is 7.16. The number of amides is 4. The third kappa shape index (κ3) is 85.4. The van der Waals surface area contributed by atoms with E-state index in [2.05, 4.69) is 19.9 Å². The van der Waals surface area contributed by atoms with Crippen molar-refractivity contribution in [3.05, 3.63) is 120 Å². The van der Waals surface area contributed by atoms with E-state index in [9.17, 15) is 19.2 Å². The fourth-order valence-electron chi connectivity index (χ4n) is 2.06. The Labute approximate surface area is 379 Å². The molecule has 0 aliphatic heterocycles. The molecular weight excluding hydrogens is 928 g/mol. The summed E-state index contributed by atoms with van der Waals surface area (Å²) in [5, 5.41) is 63.6. The summed E-state index contributed by atoms with van der Waals surface area (Å²) in [7, 11) is 4.00. The zero-order valence-corrected chi connectivity index (χ0v) is 36.5. The van der Waals surface area contributed by atoms with Crippen LogP contribution in [0.2, 0.25) is 0 Å². The molecule has 0 atom stereocenters. The summed E-state index contributed by atoms with van der Waals surface area (Å²) in [5.41, 5.74) is 21.8. The Bertz CT molecular complexity index is 1390. The van der Waals surface area contributed by atoms with Gasteiger partial charge in [0.15, 0.2) is 0 Å². The molecule has 2 radical (unpaired) electrons. The molecule has 62 heavy (non-hydrogen) atoms. The molecule has 24 nitrogen and oxygen atoms in total. The van der Waals surface area contributed by atoms with Crippen molar-refractivity contribution in [3.63, 3.8) is 0 Å². The molecular formula is C36H52Cu2N8O16. The van der Waals surface area contributed by atoms with Crippen molar-refractivity contribution in [2.75, 3.05) is 28.4 Å². The molecule has 0 aliphatic carbocycles. The first-order chi connectivity index (χ1) is 28.1. The summed E-state index contributed by atoms with van der Waals surface area (Å²) in [5.74, 6) is -6.01. The van der Waals surface area contributed by atoms with Crippen LogP contribution in [0, 0.1) is 0 Å². The number of aliphatic hydroxyl groups is 4. The van der Waals surface area contributed by atoms with Gasteiger partial charge < -0.3 is 83.0 Å². The van der Waals surface area contributed by atoms with Crippen LogP contribution in [0.5, 0.6) is 0 Å². The molecule has 0 saturated heterocycles. The van der Waals surface area contributed by atoms with Crippen LogP contribution in [-0.2, 0) is 53.3 Å². The van der Waals surface area contributed by atoms with Crippen LogP contribution < -0.4 is 43.4 Å². The van der Waals surface area contributed by atoms with Crippen molar-refractivity contribution in [1.29, 1.82) is 0 Å². The topological polar surface area (TPSA) is 465 Å². The number of aromatic nitrogens is 4. The molecule has 0 aromatic carbocycles. The Morgan fingerprint density at radius 3 is 0.468 bits per heavy atom. The quantitative estimate of drug-likeness (QED) is 0.0883. The Kier molecular flexibility index (Phi) is 81.2. The number of carboxylic acid groups (broad SMARTS) is 4. The minimum atomic E-state index is -1.08. The number of carbonyl (C=O) groups excluding carboxylic acids is 8. The Hall–Kier alpha value is -6.76. The average molecular weight is 980 g/mol. The second kappa shape index (κ2) is 63.4. The van der Waals surface area contributed by atoms with Gasteiger partial charge in [-0.25, -0.2) is 0 Å². The van der Waals surface area contributed by atoms with Crippen molar-refractivity contribution in [3.8, 4) is 0 Å². The van der Waals surface area contributed by atoms with Gasteiger partial charge in [0.1, 0.15) is 0 Å². The van der Waals surface area contributed by atoms with E-state index in [-0.39, 0.29) is 34.1 Å². The first-order valence-corrected chi connectivity index (χ1v) is 15.4. The van der Waals surface area contributed by atoms with Crippen LogP contribution in [0.4, 0.5) is 0 Å². The van der Waals surface area contributed by atoms with Gasteiger partial charge in [-0.1, -0.05) is 0 Å². The maximum Gasteiger partial charge on any atom is 2.00 e. The Morgan fingerprint density at radius 2 is 0.419 bits per heavy atom. The summed E-state index contributed by atoms with van der Waals surface area (Å²) in [6.45, 7) is 3.89. The van der Waals surface area contributed by atoms with E-state index in [1.165, 1.54) is 49.6 Å². The van der Waals surface area contributed by atoms with Crippen LogP contribution in [0.3, 0.4) is 0 Å². The summed E-state index contributed by atoms with van der Waals surface area (Å²) >= 11 is 0. The molecule has 4 amide bonds. The number of carboxylic acids is 4. The first-order valence-electron chi connectivity index (χ1n) is 15.4. The first kappa shape index (κ1) is 79.4. The summed E-state index contributed by atoms with van der Waals surface area (Å²) in [6.07, 6.45) is 12.2. The van der Waals surface area contributed by atoms with Gasteiger partial charge in [-0.05, 0) is 76.2 Å². The molecule has 0 bridgehead atoms. The summed E-state index contributed by atoms with van der Waals surface area (Å²) < 4.78 is 0. The molecule has 26 heteroatoms. The third-order valence-corrected chi connectivity index (χ3v) is 3.86. The van der Waals surface area contributed by atoms with Gasteiger partial charge in [0, 0.05) is 124 Å². The number of aliphatic hydroxyl groups excluding tert-OH is 4. The number of nitrogens with zero attached hydrogens (tertiary/aromatic N) is 4. The third-order valence-electron chi connectivity index (χ3n) is 3.86. The molecule has 0 spiro atoms. The molecule has 4 aromatic rings. The van der Waals surface area contributed by atoms with Gasteiger partial charge >= 0.3 is 34.1 Å². The molecule has 0 fully saturated rings. The van der Waals surface area contributed by atoms with Crippen LogP contribution >= 0.6 is 0 Å². The van der Waals surface area contributed by atoms with E-state index in [4.69, 9.17) is 83.0 Å². The van der Waals surface area contributed by atoms with E-state index >= 15 is 0 Å². The van der Waals surface area contributed by atoms with Crippen molar-refractivity contribution < 1.29 is 113 Å². The van der Waals surface area contributed by atoms with Crippen LogP contribution in [-0.4, -0.2) is 116 Å². The van der Waals surface area contributed by atoms with Crippen LogP contribution in [0.1, 0.15) is 69.1 Å². The molecule has 0 unspecified atom stereocenters. The fourth-order valence-corrected chi connectivity index (χ4v) is 2.06. The number of hydrogen-bond acceptors (Lipinski definition) is 20. The zero-order chi connectivity index (χ0) is 49.1. The average Bonchev–Trinajstić information content (AvgIpc) is 3.22. The predicted octanol–water partition coefficient (Wildman–Crippen LogP) is -5.82. The van der Waals surface area contributed by atoms with Crippen molar-refractivity contribution in [2.45, 2.75) is 27.7 Å². The summed E-state index contributed by atoms with van der Waals surface area (Å²) in [4.78, 5) is 92.0. The Balaban J connectivity index is -0.0000000619. The maximum absolute atomic E-state index is 10.4. The largest absolute Gasteiger partial charge is 2.00 e. The van der Waals surface area contributed by atoms with Crippen LogP contribution in [0.15, 0.2) is 98.1 Å². The van der Waals surface area contributed by atoms with Crippen molar-refractivity contribution in [1.82, 2.24) is 19.9 Å². The number of rotatable bonds is 4. The van der Waals surface area contributed by atoms with Gasteiger partial charge in [0.25, 0.3) is 0 Å². The van der Waals surface area contributed by atoms with Gasteiger partial charge in [-0.15, -0.1) is 0 Å². The van der Waals surface area contributed by atoms with Gasteiger partial charge in [-0.2, -0.15) is 0 Å². The molecule has 0 aliphatic rings. The number of primary amides is 4. The Morgan fingerprint density at radius 1 is 0.339 bits per heavy atom. The second-order valence-corrected chi connectivity index (χ2v) is 8.37. The minimum absolute atomic E-state index is 0. The van der Waals surface area contributed by atoms with Crippen molar-refractivity contribution in [2.24, 2.45) is 22.9 Å². The smallest absolute Gasteiger partial charge is 0.550 e. The zero-order valence-electron chi connectivity index (χ0n) is 34.6. The standard InChI is InChI=1S/4C6H6N2O.4C2H4O2.4CH4O.2Cu/c4*7-6(9)5-1-3-8-4-2-5;4*1-2(3)4;4*1-2;;/h4*1-4H,(H2,7,9);4*1H3,(H,3,4);4*2H,1H3;;/q;;;;;;;;;;;;2*+2/p-4. The molecule has 4 heterocycles. The van der Waals surface area contributed by atoms with E-state index in [0.29, 0.717) is 22.3 Å². The van der Waals surface area contributed by atoms with Gasteiger partial charge in [0.2, 0.25) is 23.6 Å². The van der Waals surface area contributed by atoms with Gasteiger partial charge in [-0.3, -0.25) is 39.1 Å². The molecule has 4 aromatic heterocycles. The second-order valence-electron chi connectivity index (χ2n) is 8.37. The van der Waals surface area contributed by atoms with Gasteiger partial charge in [0.05, 0.1) is 0 Å². The SMILES string of the molecule is CC(=O)[O-].CC(=O)[O-].CC(=O)[O-].CC(=O)[O-].CO.CO.CO.CO.NC(=O)c1ccncc1.NC(=O)c1ccncc1.NC(=O)c1ccncc1.NC(=O)c1ccncc1.[Cu+2].[Cu+2].